The molecule has 5 rings (SSSR count). The summed E-state index contributed by atoms with van der Waals surface area (Å²) in [4.78, 5) is 24.0. The fraction of sp³-hybridized carbons (Fsp3) is 0.882. The van der Waals surface area contributed by atoms with Crippen LogP contribution in [-0.4, -0.2) is 11.8 Å². The quantitative estimate of drug-likeness (QED) is 0.785. The molecule has 5 fully saturated rings. The van der Waals surface area contributed by atoms with E-state index in [1.54, 1.807) is 0 Å². The van der Waals surface area contributed by atoms with Crippen LogP contribution in [0.3, 0.4) is 0 Å². The predicted octanol–water partition coefficient (Wildman–Crippen LogP) is 2.54. The number of hydrazine groups is 1. The van der Waals surface area contributed by atoms with Gasteiger partial charge in [0.1, 0.15) is 0 Å². The molecule has 0 unspecified atom stereocenters. The van der Waals surface area contributed by atoms with Crippen molar-refractivity contribution in [3.8, 4) is 0 Å². The molecule has 2 N–H and O–H groups in total. The smallest absolute Gasteiger partial charge is 0.241 e. The van der Waals surface area contributed by atoms with Crippen LogP contribution in [0.1, 0.15) is 64.2 Å². The molecule has 5 saturated carbocycles. The molecular weight excluding hydrogens is 264 g/mol. The first-order valence-corrected chi connectivity index (χ1v) is 8.71. The largest absolute Gasteiger partial charge is 0.273 e. The Hall–Kier alpha value is -1.06. The second-order valence-electron chi connectivity index (χ2n) is 8.26. The zero-order valence-corrected chi connectivity index (χ0v) is 12.7. The Balaban J connectivity index is 1.31. The summed E-state index contributed by atoms with van der Waals surface area (Å²) in [5.74, 6) is 2.76. The van der Waals surface area contributed by atoms with Crippen molar-refractivity contribution < 1.29 is 9.59 Å². The van der Waals surface area contributed by atoms with Crippen molar-refractivity contribution in [1.82, 2.24) is 10.9 Å². The van der Waals surface area contributed by atoms with Gasteiger partial charge in [0.05, 0.1) is 0 Å². The summed E-state index contributed by atoms with van der Waals surface area (Å²) in [6.45, 7) is 0. The van der Waals surface area contributed by atoms with E-state index in [2.05, 4.69) is 10.9 Å². The number of carbonyl (C=O) groups excluding carboxylic acids is 2. The lowest BCUT2D eigenvalue weighted by atomic mass is 9.49. The van der Waals surface area contributed by atoms with E-state index in [4.69, 9.17) is 0 Å². The summed E-state index contributed by atoms with van der Waals surface area (Å²) < 4.78 is 0. The maximum Gasteiger partial charge on any atom is 0.241 e. The Morgan fingerprint density at radius 2 is 1.48 bits per heavy atom. The minimum Gasteiger partial charge on any atom is -0.273 e. The minimum absolute atomic E-state index is 0.000104. The summed E-state index contributed by atoms with van der Waals surface area (Å²) in [7, 11) is 0. The maximum atomic E-state index is 12.2. The average Bonchev–Trinajstić information content (AvgIpc) is 2.31. The van der Waals surface area contributed by atoms with Crippen LogP contribution >= 0.6 is 0 Å². The second kappa shape index (κ2) is 4.99. The van der Waals surface area contributed by atoms with Gasteiger partial charge in [-0.1, -0.05) is 6.42 Å². The molecule has 0 heterocycles. The van der Waals surface area contributed by atoms with E-state index < -0.39 is 0 Å². The number of hydrogen-bond acceptors (Lipinski definition) is 2. The number of carbonyl (C=O) groups is 2. The standard InChI is InChI=1S/C17H26N2O2/c20-15(18-19-16(21)14-2-1-3-14)10-17-7-11-4-12(8-17)6-13(5-11)9-17/h11-14H,1-10H2,(H,18,20)(H,19,21). The first kappa shape index (κ1) is 13.6. The number of rotatable bonds is 3. The Labute approximate surface area is 126 Å². The summed E-state index contributed by atoms with van der Waals surface area (Å²) in [5.41, 5.74) is 5.55. The van der Waals surface area contributed by atoms with E-state index >= 15 is 0 Å². The average molecular weight is 290 g/mol. The third-order valence-corrected chi connectivity index (χ3v) is 6.50. The first-order chi connectivity index (χ1) is 10.1. The van der Waals surface area contributed by atoms with Crippen molar-refractivity contribution in [3.05, 3.63) is 0 Å². The van der Waals surface area contributed by atoms with Gasteiger partial charge in [-0.3, -0.25) is 20.4 Å². The van der Waals surface area contributed by atoms with Gasteiger partial charge in [-0.25, -0.2) is 0 Å². The van der Waals surface area contributed by atoms with Crippen LogP contribution < -0.4 is 10.9 Å². The zero-order valence-electron chi connectivity index (χ0n) is 12.7. The van der Waals surface area contributed by atoms with E-state index in [1.165, 1.54) is 38.5 Å². The molecule has 0 radical (unpaired) electrons. The monoisotopic (exact) mass is 290 g/mol. The number of nitrogens with one attached hydrogen (secondary N) is 2. The molecule has 116 valence electrons. The van der Waals surface area contributed by atoms with Gasteiger partial charge >= 0.3 is 0 Å². The van der Waals surface area contributed by atoms with Crippen molar-refractivity contribution in [2.45, 2.75) is 64.2 Å². The van der Waals surface area contributed by atoms with Crippen LogP contribution in [0.2, 0.25) is 0 Å². The molecule has 0 atom stereocenters. The molecule has 4 heteroatoms. The summed E-state index contributed by atoms with van der Waals surface area (Å²) in [5, 5.41) is 0. The van der Waals surface area contributed by atoms with Crippen molar-refractivity contribution >= 4 is 11.8 Å². The third kappa shape index (κ3) is 2.58. The van der Waals surface area contributed by atoms with Crippen molar-refractivity contribution in [2.24, 2.45) is 29.1 Å². The molecule has 0 saturated heterocycles. The van der Waals surface area contributed by atoms with Crippen LogP contribution in [0.5, 0.6) is 0 Å². The van der Waals surface area contributed by atoms with Crippen LogP contribution in [0.4, 0.5) is 0 Å². The molecule has 4 bridgehead atoms. The normalized spacial score (nSPS) is 40.7. The van der Waals surface area contributed by atoms with Gasteiger partial charge in [-0.2, -0.15) is 0 Å². The van der Waals surface area contributed by atoms with Gasteiger partial charge in [-0.15, -0.1) is 0 Å². The minimum atomic E-state index is 0.000104. The Bertz CT molecular complexity index is 420. The molecular formula is C17H26N2O2. The van der Waals surface area contributed by atoms with E-state index in [9.17, 15) is 9.59 Å². The molecule has 0 aromatic heterocycles. The lowest BCUT2D eigenvalue weighted by molar-refractivity contribution is -0.136. The van der Waals surface area contributed by atoms with Gasteiger partial charge in [0.2, 0.25) is 11.8 Å². The maximum absolute atomic E-state index is 12.2. The van der Waals surface area contributed by atoms with Gasteiger partial charge in [-0.05, 0) is 74.5 Å². The van der Waals surface area contributed by atoms with Gasteiger partial charge in [0.15, 0.2) is 0 Å². The predicted molar refractivity (Wildman–Crippen MR) is 78.8 cm³/mol. The highest BCUT2D eigenvalue weighted by atomic mass is 16.2. The van der Waals surface area contributed by atoms with Crippen LogP contribution in [0.25, 0.3) is 0 Å². The van der Waals surface area contributed by atoms with E-state index in [0.717, 1.165) is 37.0 Å². The molecule has 0 aromatic rings. The van der Waals surface area contributed by atoms with E-state index in [1.807, 2.05) is 0 Å². The van der Waals surface area contributed by atoms with Crippen LogP contribution in [-0.2, 0) is 9.59 Å². The number of hydrogen-bond donors (Lipinski definition) is 2. The third-order valence-electron chi connectivity index (χ3n) is 6.50. The lowest BCUT2D eigenvalue weighted by Crippen LogP contribution is -2.51. The summed E-state index contributed by atoms with van der Waals surface area (Å²) in [6.07, 6.45) is 11.6. The fourth-order valence-corrected chi connectivity index (χ4v) is 5.80. The van der Waals surface area contributed by atoms with Crippen molar-refractivity contribution in [1.29, 1.82) is 0 Å². The Morgan fingerprint density at radius 3 is 1.95 bits per heavy atom. The highest BCUT2D eigenvalue weighted by Crippen LogP contribution is 2.61. The number of amides is 2. The topological polar surface area (TPSA) is 58.2 Å². The van der Waals surface area contributed by atoms with Crippen LogP contribution in [0, 0.1) is 29.1 Å². The van der Waals surface area contributed by atoms with Gasteiger partial charge < -0.3 is 0 Å². The molecule has 4 nitrogen and oxygen atoms in total. The Kier molecular flexibility index (Phi) is 3.23. The first-order valence-electron chi connectivity index (χ1n) is 8.71. The molecule has 0 spiro atoms. The molecule has 5 aliphatic carbocycles. The zero-order chi connectivity index (χ0) is 14.4. The molecule has 2 amide bonds. The lowest BCUT2D eigenvalue weighted by Gasteiger charge is -2.56. The SMILES string of the molecule is O=C(CC12CC3CC(CC(C3)C1)C2)NNC(=O)C1CCC1. The molecule has 0 aliphatic heterocycles. The van der Waals surface area contributed by atoms with Gasteiger partial charge in [0, 0.05) is 12.3 Å². The molecule has 0 aromatic carbocycles. The Morgan fingerprint density at radius 1 is 0.905 bits per heavy atom. The van der Waals surface area contributed by atoms with E-state index in [0.29, 0.717) is 6.42 Å². The highest BCUT2D eigenvalue weighted by molar-refractivity contribution is 5.84. The van der Waals surface area contributed by atoms with Crippen molar-refractivity contribution in [2.75, 3.05) is 0 Å². The second-order valence-corrected chi connectivity index (χ2v) is 8.26. The molecule has 5 aliphatic rings. The summed E-state index contributed by atoms with van der Waals surface area (Å²) >= 11 is 0. The molecule has 21 heavy (non-hydrogen) atoms. The highest BCUT2D eigenvalue weighted by Gasteiger charge is 2.51. The van der Waals surface area contributed by atoms with E-state index in [-0.39, 0.29) is 23.1 Å². The summed E-state index contributed by atoms with van der Waals surface area (Å²) in [6, 6.07) is 0. The van der Waals surface area contributed by atoms with Crippen molar-refractivity contribution in [3.63, 3.8) is 0 Å². The van der Waals surface area contributed by atoms with Gasteiger partial charge in [0.25, 0.3) is 0 Å². The van der Waals surface area contributed by atoms with Crippen LogP contribution in [0.15, 0.2) is 0 Å². The fourth-order valence-electron chi connectivity index (χ4n) is 5.80.